The fourth-order valence-electron chi connectivity index (χ4n) is 4.43. The summed E-state index contributed by atoms with van der Waals surface area (Å²) in [5.41, 5.74) is 4.54. The molecule has 32 heavy (non-hydrogen) atoms. The molecule has 0 bridgehead atoms. The lowest BCUT2D eigenvalue weighted by molar-refractivity contribution is 0.102. The summed E-state index contributed by atoms with van der Waals surface area (Å²) in [6.07, 6.45) is 5.72. The van der Waals surface area contributed by atoms with Crippen molar-refractivity contribution in [3.63, 3.8) is 0 Å². The van der Waals surface area contributed by atoms with Crippen LogP contribution in [0.1, 0.15) is 46.2 Å². The zero-order chi connectivity index (χ0) is 21.9. The molecule has 0 spiro atoms. The molecule has 5 rings (SSSR count). The number of H-pyrrole nitrogens is 1. The zero-order valence-electron chi connectivity index (χ0n) is 18.2. The van der Waals surface area contributed by atoms with Crippen molar-refractivity contribution < 1.29 is 4.79 Å². The summed E-state index contributed by atoms with van der Waals surface area (Å²) in [4.78, 5) is 27.6. The third kappa shape index (κ3) is 4.41. The van der Waals surface area contributed by atoms with E-state index in [2.05, 4.69) is 44.5 Å². The lowest BCUT2D eigenvalue weighted by atomic mass is 9.95. The number of nitrogens with zero attached hydrogens (tertiary/aromatic N) is 3. The van der Waals surface area contributed by atoms with Gasteiger partial charge < -0.3 is 10.3 Å². The van der Waals surface area contributed by atoms with Gasteiger partial charge in [0.15, 0.2) is 0 Å². The summed E-state index contributed by atoms with van der Waals surface area (Å²) in [5.74, 6) is 1.02. The maximum atomic E-state index is 12.6. The van der Waals surface area contributed by atoms with Crippen LogP contribution in [-0.4, -0.2) is 38.8 Å². The minimum atomic E-state index is -0.172. The van der Waals surface area contributed by atoms with Gasteiger partial charge in [-0.15, -0.1) is 0 Å². The van der Waals surface area contributed by atoms with Gasteiger partial charge in [0.05, 0.1) is 11.3 Å². The Morgan fingerprint density at radius 3 is 2.72 bits per heavy atom. The van der Waals surface area contributed by atoms with Crippen LogP contribution in [0.2, 0.25) is 0 Å². The van der Waals surface area contributed by atoms with Crippen molar-refractivity contribution in [1.29, 1.82) is 0 Å². The van der Waals surface area contributed by atoms with Crippen molar-refractivity contribution in [2.75, 3.05) is 18.4 Å². The number of fused-ring (bicyclic) bond motifs is 1. The Morgan fingerprint density at radius 1 is 1.12 bits per heavy atom. The molecule has 4 aromatic rings. The second-order valence-electron chi connectivity index (χ2n) is 8.50. The van der Waals surface area contributed by atoms with E-state index in [0.29, 0.717) is 11.5 Å². The van der Waals surface area contributed by atoms with Crippen LogP contribution in [0.25, 0.3) is 10.9 Å². The first-order chi connectivity index (χ1) is 15.7. The minimum Gasteiger partial charge on any atom is -0.361 e. The van der Waals surface area contributed by atoms with Gasteiger partial charge in [-0.3, -0.25) is 9.69 Å². The van der Waals surface area contributed by atoms with Crippen molar-refractivity contribution in [1.82, 2.24) is 19.9 Å². The van der Waals surface area contributed by atoms with Gasteiger partial charge in [0, 0.05) is 36.1 Å². The highest BCUT2D eigenvalue weighted by Gasteiger charge is 2.24. The molecule has 0 radical (unpaired) electrons. The number of hydrogen-bond acceptors (Lipinski definition) is 4. The number of benzene rings is 2. The summed E-state index contributed by atoms with van der Waals surface area (Å²) in [5, 5.41) is 4.17. The van der Waals surface area contributed by atoms with Gasteiger partial charge in [-0.05, 0) is 74.1 Å². The molecule has 1 aliphatic heterocycles. The standard InChI is InChI=1S/C26H27N5O/c1-18-23(26(32)30-22-5-3-2-4-6-22)16-28-25(29-18)20-10-13-31(14-11-20)17-19-7-8-24-21(15-19)9-12-27-24/h2-9,12,15-16,20,27H,10-11,13-14,17H2,1H3,(H,30,32). The molecule has 2 N–H and O–H groups in total. The van der Waals surface area contributed by atoms with E-state index in [1.165, 1.54) is 16.5 Å². The van der Waals surface area contributed by atoms with Crippen molar-refractivity contribution in [3.05, 3.63) is 89.6 Å². The Labute approximate surface area is 187 Å². The SMILES string of the molecule is Cc1nc(C2CCN(Cc3ccc4[nH]ccc4c3)CC2)ncc1C(=O)Nc1ccccc1. The fraction of sp³-hybridized carbons (Fsp3) is 0.269. The first-order valence-corrected chi connectivity index (χ1v) is 11.1. The first kappa shape index (κ1) is 20.4. The van der Waals surface area contributed by atoms with E-state index in [-0.39, 0.29) is 5.91 Å². The molecule has 3 heterocycles. The Hall–Kier alpha value is -3.51. The van der Waals surface area contributed by atoms with Gasteiger partial charge in [-0.2, -0.15) is 0 Å². The molecule has 2 aromatic carbocycles. The lowest BCUT2D eigenvalue weighted by Crippen LogP contribution is -2.33. The predicted molar refractivity (Wildman–Crippen MR) is 127 cm³/mol. The number of piperidine rings is 1. The van der Waals surface area contributed by atoms with Gasteiger partial charge in [-0.1, -0.05) is 24.3 Å². The lowest BCUT2D eigenvalue weighted by Gasteiger charge is -2.31. The number of para-hydroxylation sites is 1. The Bertz CT molecular complexity index is 1230. The van der Waals surface area contributed by atoms with Crippen LogP contribution in [0.4, 0.5) is 5.69 Å². The van der Waals surface area contributed by atoms with Crippen molar-refractivity contribution >= 4 is 22.5 Å². The molecule has 0 aliphatic carbocycles. The molecule has 6 nitrogen and oxygen atoms in total. The number of rotatable bonds is 5. The van der Waals surface area contributed by atoms with Gasteiger partial charge >= 0.3 is 0 Å². The van der Waals surface area contributed by atoms with E-state index in [9.17, 15) is 4.79 Å². The Balaban J connectivity index is 1.19. The number of carbonyl (C=O) groups excluding carboxylic acids is 1. The predicted octanol–water partition coefficient (Wildman–Crippen LogP) is 4.90. The molecular formula is C26H27N5O. The maximum absolute atomic E-state index is 12.6. The molecule has 1 saturated heterocycles. The summed E-state index contributed by atoms with van der Waals surface area (Å²) >= 11 is 0. The van der Waals surface area contributed by atoms with E-state index in [0.717, 1.165) is 49.7 Å². The summed E-state index contributed by atoms with van der Waals surface area (Å²) in [7, 11) is 0. The van der Waals surface area contributed by atoms with Crippen LogP contribution in [0, 0.1) is 6.92 Å². The molecular weight excluding hydrogens is 398 g/mol. The Morgan fingerprint density at radius 2 is 1.94 bits per heavy atom. The molecule has 1 fully saturated rings. The monoisotopic (exact) mass is 425 g/mol. The number of aromatic amines is 1. The van der Waals surface area contributed by atoms with Crippen LogP contribution >= 0.6 is 0 Å². The molecule has 0 saturated carbocycles. The molecule has 0 atom stereocenters. The molecule has 6 heteroatoms. The van der Waals surface area contributed by atoms with E-state index in [1.54, 1.807) is 6.20 Å². The normalized spacial score (nSPS) is 15.2. The third-order valence-corrected chi connectivity index (χ3v) is 6.25. The zero-order valence-corrected chi connectivity index (χ0v) is 18.2. The highest BCUT2D eigenvalue weighted by atomic mass is 16.1. The smallest absolute Gasteiger partial charge is 0.259 e. The molecule has 162 valence electrons. The quantitative estimate of drug-likeness (QED) is 0.477. The minimum absolute atomic E-state index is 0.172. The average Bonchev–Trinajstić information content (AvgIpc) is 3.28. The maximum Gasteiger partial charge on any atom is 0.259 e. The summed E-state index contributed by atoms with van der Waals surface area (Å²) in [6, 6.07) is 18.2. The van der Waals surface area contributed by atoms with Gasteiger partial charge in [0.2, 0.25) is 0 Å². The largest absolute Gasteiger partial charge is 0.361 e. The number of amides is 1. The number of aromatic nitrogens is 3. The van der Waals surface area contributed by atoms with Crippen LogP contribution in [0.3, 0.4) is 0 Å². The van der Waals surface area contributed by atoms with Crippen molar-refractivity contribution in [2.24, 2.45) is 0 Å². The van der Waals surface area contributed by atoms with Gasteiger partial charge in [-0.25, -0.2) is 9.97 Å². The number of nitrogens with one attached hydrogen (secondary N) is 2. The number of likely N-dealkylation sites (tertiary alicyclic amines) is 1. The van der Waals surface area contributed by atoms with Gasteiger partial charge in [0.1, 0.15) is 5.82 Å². The number of hydrogen-bond donors (Lipinski definition) is 2. The Kier molecular flexibility index (Phi) is 5.69. The second kappa shape index (κ2) is 8.93. The summed E-state index contributed by atoms with van der Waals surface area (Å²) in [6.45, 7) is 4.90. The summed E-state index contributed by atoms with van der Waals surface area (Å²) < 4.78 is 0. The highest BCUT2D eigenvalue weighted by molar-refractivity contribution is 6.04. The van der Waals surface area contributed by atoms with E-state index < -0.39 is 0 Å². The first-order valence-electron chi connectivity index (χ1n) is 11.1. The number of anilines is 1. The highest BCUT2D eigenvalue weighted by Crippen LogP contribution is 2.27. The van der Waals surface area contributed by atoms with Crippen LogP contribution in [0.15, 0.2) is 67.0 Å². The van der Waals surface area contributed by atoms with Crippen molar-refractivity contribution in [3.8, 4) is 0 Å². The number of carbonyl (C=O) groups is 1. The van der Waals surface area contributed by atoms with E-state index in [4.69, 9.17) is 4.98 Å². The molecule has 1 aliphatic rings. The van der Waals surface area contributed by atoms with Crippen molar-refractivity contribution in [2.45, 2.75) is 32.2 Å². The number of aryl methyl sites for hydroxylation is 1. The third-order valence-electron chi connectivity index (χ3n) is 6.25. The average molecular weight is 426 g/mol. The van der Waals surface area contributed by atoms with Crippen LogP contribution < -0.4 is 5.32 Å². The van der Waals surface area contributed by atoms with E-state index in [1.807, 2.05) is 43.5 Å². The molecule has 1 amide bonds. The molecule has 2 aromatic heterocycles. The van der Waals surface area contributed by atoms with Crippen LogP contribution in [0.5, 0.6) is 0 Å². The fourth-order valence-corrected chi connectivity index (χ4v) is 4.43. The van der Waals surface area contributed by atoms with E-state index >= 15 is 0 Å². The topological polar surface area (TPSA) is 73.9 Å². The van der Waals surface area contributed by atoms with Crippen LogP contribution in [-0.2, 0) is 6.54 Å². The molecule has 0 unspecified atom stereocenters. The second-order valence-corrected chi connectivity index (χ2v) is 8.50. The van der Waals surface area contributed by atoms with Gasteiger partial charge in [0.25, 0.3) is 5.91 Å².